The number of aromatic nitrogens is 3. The van der Waals surface area contributed by atoms with Crippen molar-refractivity contribution in [2.75, 3.05) is 16.0 Å². The number of ether oxygens (including phenoxy) is 1. The molecule has 0 spiro atoms. The second-order valence-electron chi connectivity index (χ2n) is 8.01. The molecule has 5 rings (SSSR count). The maximum absolute atomic E-state index is 14.3. The Balaban J connectivity index is 1.25. The van der Waals surface area contributed by atoms with Gasteiger partial charge in [-0.3, -0.25) is 4.79 Å². The molecule has 0 bridgehead atoms. The summed E-state index contributed by atoms with van der Waals surface area (Å²) in [7, 11) is 0. The second kappa shape index (κ2) is 9.61. The third kappa shape index (κ3) is 5.91. The van der Waals surface area contributed by atoms with Crippen LogP contribution in [0.2, 0.25) is 0 Å². The van der Waals surface area contributed by atoms with Crippen LogP contribution in [0, 0.1) is 11.7 Å². The van der Waals surface area contributed by atoms with Gasteiger partial charge < -0.3 is 20.7 Å². The molecule has 3 heterocycles. The monoisotopic (exact) mass is 532 g/mol. The molecule has 1 saturated carbocycles. The van der Waals surface area contributed by atoms with Gasteiger partial charge in [0.25, 0.3) is 0 Å². The largest absolute Gasteiger partial charge is 0.439 e. The fourth-order valence-electron chi connectivity index (χ4n) is 3.17. The number of nitrogens with zero attached hydrogens (tertiary/aromatic N) is 3. The number of pyridine rings is 2. The molecule has 0 atom stereocenters. The number of carbonyl (C=O) groups excluding carboxylic acids is 2. The molecule has 1 aliphatic carbocycles. The molecule has 0 aliphatic heterocycles. The summed E-state index contributed by atoms with van der Waals surface area (Å²) in [5.41, 5.74) is -0.801. The Bertz CT molecular complexity index is 1490. The third-order valence-corrected chi connectivity index (χ3v) is 6.01. The molecule has 4 aromatic rings. The minimum Gasteiger partial charge on any atom is -0.439 e. The molecular weight excluding hydrogens is 516 g/mol. The summed E-state index contributed by atoms with van der Waals surface area (Å²) in [5.74, 6) is -0.468. The number of benzene rings is 1. The smallest absolute Gasteiger partial charge is 0.433 e. The maximum Gasteiger partial charge on any atom is 0.433 e. The van der Waals surface area contributed by atoms with Crippen molar-refractivity contribution in [1.29, 1.82) is 0 Å². The highest BCUT2D eigenvalue weighted by Crippen LogP contribution is 2.33. The average molecular weight is 532 g/mol. The van der Waals surface area contributed by atoms with Crippen LogP contribution >= 0.6 is 11.3 Å². The van der Waals surface area contributed by atoms with E-state index in [4.69, 9.17) is 4.74 Å². The van der Waals surface area contributed by atoms with Crippen LogP contribution in [-0.2, 0) is 11.0 Å². The van der Waals surface area contributed by atoms with E-state index < -0.39 is 23.7 Å². The number of fused-ring (bicyclic) bond motifs is 1. The molecule has 190 valence electrons. The van der Waals surface area contributed by atoms with Crippen LogP contribution < -0.4 is 20.7 Å². The van der Waals surface area contributed by atoms with E-state index in [0.717, 1.165) is 31.2 Å². The van der Waals surface area contributed by atoms with Crippen molar-refractivity contribution >= 4 is 50.1 Å². The van der Waals surface area contributed by atoms with Crippen LogP contribution in [0.5, 0.6) is 11.6 Å². The molecule has 37 heavy (non-hydrogen) atoms. The number of halogens is 4. The summed E-state index contributed by atoms with van der Waals surface area (Å²) in [4.78, 5) is 36.6. The molecule has 3 N–H and O–H groups in total. The lowest BCUT2D eigenvalue weighted by molar-refractivity contribution is -0.141. The number of anilines is 3. The van der Waals surface area contributed by atoms with Crippen molar-refractivity contribution < 1.29 is 31.9 Å². The lowest BCUT2D eigenvalue weighted by Crippen LogP contribution is -2.20. The SMILES string of the molecule is O=C(Nc1ccc(C(F)(F)F)nc1)Nc1cc(Oc2ccc3nc(NC(=O)C4CC4)sc3n2)ccc1F. The minimum absolute atomic E-state index is 0.0203. The van der Waals surface area contributed by atoms with Crippen molar-refractivity contribution in [3.63, 3.8) is 0 Å². The summed E-state index contributed by atoms with van der Waals surface area (Å²) in [6.45, 7) is 0. The lowest BCUT2D eigenvalue weighted by atomic mass is 10.3. The van der Waals surface area contributed by atoms with Gasteiger partial charge in [0.1, 0.15) is 27.6 Å². The first-order chi connectivity index (χ1) is 17.6. The Labute approximate surface area is 209 Å². The topological polar surface area (TPSA) is 118 Å². The molecule has 14 heteroatoms. The Morgan fingerprint density at radius 1 is 1.00 bits per heavy atom. The molecular formula is C23H16F4N6O3S. The second-order valence-corrected chi connectivity index (χ2v) is 8.99. The third-order valence-electron chi connectivity index (χ3n) is 5.13. The number of hydrogen-bond acceptors (Lipinski definition) is 7. The number of rotatable bonds is 6. The van der Waals surface area contributed by atoms with E-state index in [-0.39, 0.29) is 34.8 Å². The van der Waals surface area contributed by atoms with Gasteiger partial charge >= 0.3 is 12.2 Å². The van der Waals surface area contributed by atoms with Crippen molar-refractivity contribution in [2.45, 2.75) is 19.0 Å². The summed E-state index contributed by atoms with van der Waals surface area (Å²) in [6, 6.07) is 7.67. The van der Waals surface area contributed by atoms with Crippen molar-refractivity contribution in [3.8, 4) is 11.6 Å². The summed E-state index contributed by atoms with van der Waals surface area (Å²) < 4.78 is 57.8. The van der Waals surface area contributed by atoms with E-state index >= 15 is 0 Å². The molecule has 0 unspecified atom stereocenters. The normalized spacial score (nSPS) is 13.3. The van der Waals surface area contributed by atoms with Crippen molar-refractivity contribution in [1.82, 2.24) is 15.0 Å². The fraction of sp³-hybridized carbons (Fsp3) is 0.174. The lowest BCUT2D eigenvalue weighted by Gasteiger charge is -2.11. The van der Waals surface area contributed by atoms with Gasteiger partial charge in [0.2, 0.25) is 11.8 Å². The Kier molecular flexibility index (Phi) is 6.33. The highest BCUT2D eigenvalue weighted by molar-refractivity contribution is 7.21. The van der Waals surface area contributed by atoms with Gasteiger partial charge in [0, 0.05) is 18.1 Å². The summed E-state index contributed by atoms with van der Waals surface area (Å²) in [6.07, 6.45) is -2.04. The Morgan fingerprint density at radius 2 is 1.81 bits per heavy atom. The predicted molar refractivity (Wildman–Crippen MR) is 127 cm³/mol. The first-order valence-corrected chi connectivity index (χ1v) is 11.6. The van der Waals surface area contributed by atoms with Crippen LogP contribution in [-0.4, -0.2) is 26.9 Å². The zero-order valence-corrected chi connectivity index (χ0v) is 19.4. The van der Waals surface area contributed by atoms with Crippen molar-refractivity contribution in [3.05, 3.63) is 60.2 Å². The summed E-state index contributed by atoms with van der Waals surface area (Å²) in [5, 5.41) is 7.74. The average Bonchev–Trinajstić information content (AvgIpc) is 3.62. The molecule has 9 nitrogen and oxygen atoms in total. The zero-order valence-electron chi connectivity index (χ0n) is 18.6. The fourth-order valence-corrected chi connectivity index (χ4v) is 4.00. The van der Waals surface area contributed by atoms with Crippen LogP contribution in [0.15, 0.2) is 48.7 Å². The van der Waals surface area contributed by atoms with E-state index in [1.165, 1.54) is 23.5 Å². The van der Waals surface area contributed by atoms with Crippen LogP contribution in [0.3, 0.4) is 0 Å². The Hall–Kier alpha value is -4.33. The van der Waals surface area contributed by atoms with Gasteiger partial charge in [-0.1, -0.05) is 11.3 Å². The standard InChI is InChI=1S/C23H16F4N6O3S/c24-14-5-4-13(9-16(14)30-21(35)29-12-3-7-17(28-10-12)23(25,26)27)36-18-8-6-15-20(32-18)37-22(31-15)33-19(34)11-1-2-11/h3-11H,1-2H2,(H2,29,30,35)(H,31,33,34). The maximum atomic E-state index is 14.3. The van der Waals surface area contributed by atoms with Crippen molar-refractivity contribution in [2.24, 2.45) is 5.92 Å². The number of thiazole rings is 1. The predicted octanol–water partition coefficient (Wildman–Crippen LogP) is 6.03. The summed E-state index contributed by atoms with van der Waals surface area (Å²) >= 11 is 1.19. The number of alkyl halides is 3. The molecule has 1 aromatic carbocycles. The first kappa shape index (κ1) is 24.4. The van der Waals surface area contributed by atoms with Gasteiger partial charge in [-0.2, -0.15) is 13.2 Å². The first-order valence-electron chi connectivity index (χ1n) is 10.8. The van der Waals surface area contributed by atoms with Gasteiger partial charge in [-0.05, 0) is 43.2 Å². The Morgan fingerprint density at radius 3 is 2.51 bits per heavy atom. The number of amides is 3. The zero-order chi connectivity index (χ0) is 26.2. The highest BCUT2D eigenvalue weighted by atomic mass is 32.1. The van der Waals surface area contributed by atoms with Gasteiger partial charge in [0.15, 0.2) is 5.13 Å². The number of carbonyl (C=O) groups is 2. The molecule has 1 fully saturated rings. The van der Waals surface area contributed by atoms with E-state index in [1.54, 1.807) is 12.1 Å². The molecule has 3 amide bonds. The molecule has 0 saturated heterocycles. The van der Waals surface area contributed by atoms with Gasteiger partial charge in [-0.25, -0.2) is 24.1 Å². The van der Waals surface area contributed by atoms with E-state index in [1.807, 2.05) is 0 Å². The number of nitrogens with one attached hydrogen (secondary N) is 3. The van der Waals surface area contributed by atoms with Gasteiger partial charge in [0.05, 0.1) is 17.6 Å². The molecule has 1 aliphatic rings. The van der Waals surface area contributed by atoms with Gasteiger partial charge in [-0.15, -0.1) is 0 Å². The highest BCUT2D eigenvalue weighted by Gasteiger charge is 2.32. The quantitative estimate of drug-likeness (QED) is 0.261. The minimum atomic E-state index is -4.61. The molecule has 0 radical (unpaired) electrons. The van der Waals surface area contributed by atoms with Crippen LogP contribution in [0.4, 0.5) is 38.9 Å². The van der Waals surface area contributed by atoms with Crippen LogP contribution in [0.1, 0.15) is 18.5 Å². The van der Waals surface area contributed by atoms with E-state index in [9.17, 15) is 27.2 Å². The van der Waals surface area contributed by atoms with E-state index in [0.29, 0.717) is 21.5 Å². The molecule has 3 aromatic heterocycles. The van der Waals surface area contributed by atoms with Crippen LogP contribution in [0.25, 0.3) is 10.3 Å². The van der Waals surface area contributed by atoms with E-state index in [2.05, 4.69) is 30.9 Å². The number of hydrogen-bond donors (Lipinski definition) is 3. The number of urea groups is 1.